The molecule has 8 heteroatoms. The molecule has 1 amide bonds. The van der Waals surface area contributed by atoms with Gasteiger partial charge in [0.15, 0.2) is 0 Å². The van der Waals surface area contributed by atoms with E-state index in [9.17, 15) is 13.2 Å². The minimum atomic E-state index is -3.91. The van der Waals surface area contributed by atoms with E-state index in [4.69, 9.17) is 20.2 Å². The summed E-state index contributed by atoms with van der Waals surface area (Å²) in [6.45, 7) is 4.52. The Morgan fingerprint density at radius 2 is 2.10 bits per heavy atom. The zero-order chi connectivity index (χ0) is 16.0. The number of carbonyl (C=O) groups excluding carboxylic acids is 1. The molecule has 0 bridgehead atoms. The number of halogens is 1. The summed E-state index contributed by atoms with van der Waals surface area (Å²) < 4.78 is 33.0. The average Bonchev–Trinajstić information content (AvgIpc) is 2.43. The fourth-order valence-electron chi connectivity index (χ4n) is 1.69. The Balaban J connectivity index is 2.96. The average molecular weight is 336 g/mol. The second-order valence-electron chi connectivity index (χ2n) is 4.28. The molecular formula is C13H18ClNO5S. The fourth-order valence-corrected chi connectivity index (χ4v) is 2.47. The molecule has 1 N–H and O–H groups in total. The standard InChI is InChI=1S/C13H18ClNO5S/c1-4-20-9(2)8-15-13(16)11-7-10(21(14,17)18)5-6-12(11)19-3/h5-7,9H,4,8H2,1-3H3,(H,15,16). The molecule has 0 heterocycles. The highest BCUT2D eigenvalue weighted by molar-refractivity contribution is 8.13. The van der Waals surface area contributed by atoms with E-state index in [1.807, 2.05) is 13.8 Å². The van der Waals surface area contributed by atoms with E-state index in [1.54, 1.807) is 0 Å². The van der Waals surface area contributed by atoms with Gasteiger partial charge in [0.05, 0.1) is 23.7 Å². The minimum Gasteiger partial charge on any atom is -0.496 e. The molecule has 0 spiro atoms. The van der Waals surface area contributed by atoms with E-state index in [0.29, 0.717) is 13.2 Å². The van der Waals surface area contributed by atoms with Gasteiger partial charge in [0.1, 0.15) is 5.75 Å². The molecule has 0 aliphatic heterocycles. The quantitative estimate of drug-likeness (QED) is 0.768. The SMILES string of the molecule is CCOC(C)CNC(=O)c1cc(S(=O)(=O)Cl)ccc1OC. The smallest absolute Gasteiger partial charge is 0.261 e. The van der Waals surface area contributed by atoms with Crippen LogP contribution in [0.2, 0.25) is 0 Å². The van der Waals surface area contributed by atoms with E-state index in [2.05, 4.69) is 5.32 Å². The molecule has 118 valence electrons. The number of amides is 1. The minimum absolute atomic E-state index is 0.0999. The summed E-state index contributed by atoms with van der Waals surface area (Å²) in [4.78, 5) is 12.0. The first kappa shape index (κ1) is 17.7. The van der Waals surface area contributed by atoms with Gasteiger partial charge in [0.25, 0.3) is 15.0 Å². The summed E-state index contributed by atoms with van der Waals surface area (Å²) in [6.07, 6.45) is -0.148. The molecule has 1 aromatic rings. The summed E-state index contributed by atoms with van der Waals surface area (Å²) in [5.41, 5.74) is 0.0999. The van der Waals surface area contributed by atoms with E-state index < -0.39 is 15.0 Å². The first-order chi connectivity index (χ1) is 9.79. The second-order valence-corrected chi connectivity index (χ2v) is 6.84. The zero-order valence-electron chi connectivity index (χ0n) is 12.1. The summed E-state index contributed by atoms with van der Waals surface area (Å²) in [5.74, 6) is -0.193. The van der Waals surface area contributed by atoms with Crippen LogP contribution in [0.3, 0.4) is 0 Å². The first-order valence-corrected chi connectivity index (χ1v) is 8.63. The lowest BCUT2D eigenvalue weighted by atomic mass is 10.2. The fraction of sp³-hybridized carbons (Fsp3) is 0.462. The summed E-state index contributed by atoms with van der Waals surface area (Å²) in [5, 5.41) is 2.66. The molecule has 1 aromatic carbocycles. The lowest BCUT2D eigenvalue weighted by molar-refractivity contribution is 0.0694. The molecule has 21 heavy (non-hydrogen) atoms. The van der Waals surface area contributed by atoms with Crippen molar-refractivity contribution in [3.05, 3.63) is 23.8 Å². The van der Waals surface area contributed by atoms with Crippen molar-refractivity contribution in [2.45, 2.75) is 24.8 Å². The van der Waals surface area contributed by atoms with Crippen molar-refractivity contribution in [2.75, 3.05) is 20.3 Å². The predicted octanol–water partition coefficient (Wildman–Crippen LogP) is 1.78. The van der Waals surface area contributed by atoms with Gasteiger partial charge >= 0.3 is 0 Å². The van der Waals surface area contributed by atoms with Gasteiger partial charge in [-0.05, 0) is 32.0 Å². The molecule has 1 unspecified atom stereocenters. The summed E-state index contributed by atoms with van der Waals surface area (Å²) in [6, 6.07) is 3.85. The van der Waals surface area contributed by atoms with Crippen molar-refractivity contribution in [1.29, 1.82) is 0 Å². The number of methoxy groups -OCH3 is 1. The van der Waals surface area contributed by atoms with Crippen molar-refractivity contribution in [3.8, 4) is 5.75 Å². The molecule has 6 nitrogen and oxygen atoms in total. The Labute approximate surface area is 128 Å². The number of nitrogens with one attached hydrogen (secondary N) is 1. The van der Waals surface area contributed by atoms with E-state index in [-0.39, 0.29) is 22.3 Å². The Bertz CT molecular complexity index is 603. The third kappa shape index (κ3) is 5.18. The Kier molecular flexibility index (Phi) is 6.44. The van der Waals surface area contributed by atoms with Gasteiger partial charge in [0, 0.05) is 23.8 Å². The maximum absolute atomic E-state index is 12.1. The highest BCUT2D eigenvalue weighted by Crippen LogP contribution is 2.24. The normalized spacial score (nSPS) is 12.8. The number of carbonyl (C=O) groups is 1. The zero-order valence-corrected chi connectivity index (χ0v) is 13.6. The van der Waals surface area contributed by atoms with Crippen molar-refractivity contribution in [2.24, 2.45) is 0 Å². The van der Waals surface area contributed by atoms with Crippen LogP contribution in [0, 0.1) is 0 Å². The molecular weight excluding hydrogens is 318 g/mol. The second kappa shape index (κ2) is 7.63. The van der Waals surface area contributed by atoms with Crippen LogP contribution < -0.4 is 10.1 Å². The Morgan fingerprint density at radius 3 is 2.62 bits per heavy atom. The van der Waals surface area contributed by atoms with E-state index in [0.717, 1.165) is 0 Å². The number of benzene rings is 1. The molecule has 0 saturated carbocycles. The van der Waals surface area contributed by atoms with Crippen LogP contribution in [0.4, 0.5) is 0 Å². The number of rotatable bonds is 7. The Hall–Kier alpha value is -1.31. The molecule has 0 saturated heterocycles. The van der Waals surface area contributed by atoms with Gasteiger partial charge in [-0.15, -0.1) is 0 Å². The van der Waals surface area contributed by atoms with Crippen LogP contribution in [-0.4, -0.2) is 40.7 Å². The molecule has 0 aliphatic carbocycles. The predicted molar refractivity (Wildman–Crippen MR) is 79.5 cm³/mol. The number of hydrogen-bond donors (Lipinski definition) is 1. The van der Waals surface area contributed by atoms with Gasteiger partial charge in [-0.1, -0.05) is 0 Å². The summed E-state index contributed by atoms with van der Waals surface area (Å²) in [7, 11) is 2.76. The molecule has 1 rings (SSSR count). The van der Waals surface area contributed by atoms with Crippen LogP contribution in [0.1, 0.15) is 24.2 Å². The third-order valence-electron chi connectivity index (χ3n) is 2.70. The van der Waals surface area contributed by atoms with Crippen LogP contribution in [0.15, 0.2) is 23.1 Å². The monoisotopic (exact) mass is 335 g/mol. The van der Waals surface area contributed by atoms with Crippen LogP contribution in [-0.2, 0) is 13.8 Å². The summed E-state index contributed by atoms with van der Waals surface area (Å²) >= 11 is 0. The van der Waals surface area contributed by atoms with Crippen molar-refractivity contribution < 1.29 is 22.7 Å². The highest BCUT2D eigenvalue weighted by Gasteiger charge is 2.18. The molecule has 0 radical (unpaired) electrons. The van der Waals surface area contributed by atoms with Gasteiger partial charge < -0.3 is 14.8 Å². The van der Waals surface area contributed by atoms with Crippen molar-refractivity contribution in [1.82, 2.24) is 5.32 Å². The van der Waals surface area contributed by atoms with Crippen LogP contribution in [0.25, 0.3) is 0 Å². The maximum atomic E-state index is 12.1. The van der Waals surface area contributed by atoms with Gasteiger partial charge in [-0.2, -0.15) is 0 Å². The lowest BCUT2D eigenvalue weighted by Crippen LogP contribution is -2.32. The third-order valence-corrected chi connectivity index (χ3v) is 4.05. The lowest BCUT2D eigenvalue weighted by Gasteiger charge is -2.14. The van der Waals surface area contributed by atoms with Gasteiger partial charge in [-0.25, -0.2) is 8.42 Å². The first-order valence-electron chi connectivity index (χ1n) is 6.32. The molecule has 1 atom stereocenters. The van der Waals surface area contributed by atoms with Crippen molar-refractivity contribution in [3.63, 3.8) is 0 Å². The molecule has 0 aromatic heterocycles. The molecule has 0 fully saturated rings. The maximum Gasteiger partial charge on any atom is 0.261 e. The van der Waals surface area contributed by atoms with Crippen LogP contribution >= 0.6 is 10.7 Å². The van der Waals surface area contributed by atoms with Gasteiger partial charge in [0.2, 0.25) is 0 Å². The van der Waals surface area contributed by atoms with Crippen molar-refractivity contribution >= 4 is 25.6 Å². The number of hydrogen-bond acceptors (Lipinski definition) is 5. The van der Waals surface area contributed by atoms with Gasteiger partial charge in [-0.3, -0.25) is 4.79 Å². The topological polar surface area (TPSA) is 81.7 Å². The van der Waals surface area contributed by atoms with Crippen LogP contribution in [0.5, 0.6) is 5.75 Å². The van der Waals surface area contributed by atoms with E-state index in [1.165, 1.54) is 25.3 Å². The highest BCUT2D eigenvalue weighted by atomic mass is 35.7. The molecule has 0 aliphatic rings. The Morgan fingerprint density at radius 1 is 1.43 bits per heavy atom. The van der Waals surface area contributed by atoms with E-state index >= 15 is 0 Å². The largest absolute Gasteiger partial charge is 0.496 e. The number of ether oxygens (including phenoxy) is 2.